The van der Waals surface area contributed by atoms with Gasteiger partial charge < -0.3 is 5.11 Å². The lowest BCUT2D eigenvalue weighted by Gasteiger charge is -2.04. The van der Waals surface area contributed by atoms with Crippen molar-refractivity contribution in [2.24, 2.45) is 5.92 Å². The standard InChI is InChI=1S/C13H17NO2S/c1-8(2)7-17-12-10(9-3-4-9)5-6-11(14-12)13(15)16/h5-6,8-9H,3-4,7H2,1-2H3,(H,15,16)/p+1. The number of aromatic amines is 1. The molecule has 1 aliphatic carbocycles. The van der Waals surface area contributed by atoms with Crippen LogP contribution >= 0.6 is 11.8 Å². The second kappa shape index (κ2) is 5.08. The molecule has 1 heterocycles. The summed E-state index contributed by atoms with van der Waals surface area (Å²) in [4.78, 5) is 14.0. The minimum atomic E-state index is -0.890. The normalized spacial score (nSPS) is 15.2. The zero-order chi connectivity index (χ0) is 12.4. The van der Waals surface area contributed by atoms with E-state index in [1.165, 1.54) is 18.4 Å². The second-order valence-corrected chi connectivity index (χ2v) is 5.97. The minimum absolute atomic E-state index is 0.278. The number of hydrogen-bond donors (Lipinski definition) is 1. The quantitative estimate of drug-likeness (QED) is 0.820. The van der Waals surface area contributed by atoms with Crippen LogP contribution in [0.4, 0.5) is 0 Å². The predicted octanol–water partition coefficient (Wildman–Crippen LogP) is 2.82. The summed E-state index contributed by atoms with van der Waals surface area (Å²) >= 11 is 1.74. The van der Waals surface area contributed by atoms with Gasteiger partial charge in [0.1, 0.15) is 0 Å². The number of pyridine rings is 1. The van der Waals surface area contributed by atoms with Crippen LogP contribution in [0.25, 0.3) is 0 Å². The van der Waals surface area contributed by atoms with Gasteiger partial charge in [0.15, 0.2) is 0 Å². The van der Waals surface area contributed by atoms with Crippen LogP contribution in [0.3, 0.4) is 0 Å². The maximum atomic E-state index is 10.9. The van der Waals surface area contributed by atoms with Crippen LogP contribution in [0.1, 0.15) is 48.7 Å². The van der Waals surface area contributed by atoms with Gasteiger partial charge in [0.25, 0.3) is 5.69 Å². The smallest absolute Gasteiger partial charge is 0.401 e. The summed E-state index contributed by atoms with van der Waals surface area (Å²) in [5.74, 6) is 1.37. The molecule has 0 amide bonds. The highest BCUT2D eigenvalue weighted by Gasteiger charge is 2.30. The summed E-state index contributed by atoms with van der Waals surface area (Å²) in [6, 6.07) is 3.65. The number of aromatic nitrogens is 1. The van der Waals surface area contributed by atoms with Gasteiger partial charge in [-0.2, -0.15) is 4.98 Å². The van der Waals surface area contributed by atoms with Crippen LogP contribution in [0.15, 0.2) is 17.2 Å². The third-order valence-corrected chi connectivity index (χ3v) is 4.21. The third kappa shape index (κ3) is 3.22. The van der Waals surface area contributed by atoms with Crippen LogP contribution in [-0.4, -0.2) is 16.8 Å². The molecule has 0 bridgehead atoms. The van der Waals surface area contributed by atoms with E-state index in [1.807, 2.05) is 6.07 Å². The van der Waals surface area contributed by atoms with Crippen molar-refractivity contribution in [1.82, 2.24) is 0 Å². The van der Waals surface area contributed by atoms with E-state index in [-0.39, 0.29) is 5.69 Å². The SMILES string of the molecule is CC(C)CSc1[nH+]c(C(=O)O)ccc1C1CC1. The van der Waals surface area contributed by atoms with Crippen molar-refractivity contribution < 1.29 is 14.9 Å². The van der Waals surface area contributed by atoms with E-state index in [4.69, 9.17) is 5.11 Å². The van der Waals surface area contributed by atoms with Crippen molar-refractivity contribution >= 4 is 17.7 Å². The van der Waals surface area contributed by atoms with E-state index in [2.05, 4.69) is 18.8 Å². The van der Waals surface area contributed by atoms with Gasteiger partial charge in [0.05, 0.1) is 0 Å². The summed E-state index contributed by atoms with van der Waals surface area (Å²) in [6.07, 6.45) is 2.46. The van der Waals surface area contributed by atoms with Crippen molar-refractivity contribution in [2.75, 3.05) is 5.75 Å². The summed E-state index contributed by atoms with van der Waals surface area (Å²) in [6.45, 7) is 4.34. The van der Waals surface area contributed by atoms with E-state index in [0.717, 1.165) is 10.8 Å². The third-order valence-electron chi connectivity index (χ3n) is 2.75. The van der Waals surface area contributed by atoms with Gasteiger partial charge in [0.2, 0.25) is 5.03 Å². The minimum Gasteiger partial charge on any atom is -0.473 e. The predicted molar refractivity (Wildman–Crippen MR) is 67.5 cm³/mol. The lowest BCUT2D eigenvalue weighted by Crippen LogP contribution is -2.20. The van der Waals surface area contributed by atoms with Crippen molar-refractivity contribution in [1.29, 1.82) is 0 Å². The van der Waals surface area contributed by atoms with Gasteiger partial charge in [-0.05, 0) is 30.7 Å². The molecule has 0 aromatic carbocycles. The molecule has 2 rings (SSSR count). The van der Waals surface area contributed by atoms with Gasteiger partial charge in [-0.1, -0.05) is 25.6 Å². The largest absolute Gasteiger partial charge is 0.473 e. The highest BCUT2D eigenvalue weighted by Crippen LogP contribution is 2.43. The summed E-state index contributed by atoms with van der Waals surface area (Å²) in [5.41, 5.74) is 1.57. The number of aromatic carboxylic acids is 1. The highest BCUT2D eigenvalue weighted by atomic mass is 32.2. The molecule has 4 heteroatoms. The molecule has 0 unspecified atom stereocenters. The van der Waals surface area contributed by atoms with Gasteiger partial charge >= 0.3 is 5.97 Å². The Balaban J connectivity index is 2.23. The summed E-state index contributed by atoms with van der Waals surface area (Å²) < 4.78 is 0. The Morgan fingerprint density at radius 2 is 2.24 bits per heavy atom. The molecule has 3 nitrogen and oxygen atoms in total. The van der Waals surface area contributed by atoms with Gasteiger partial charge in [0, 0.05) is 17.4 Å². The highest BCUT2D eigenvalue weighted by molar-refractivity contribution is 7.99. The van der Waals surface area contributed by atoms with Gasteiger partial charge in [-0.15, -0.1) is 0 Å². The molecule has 17 heavy (non-hydrogen) atoms. The number of carboxylic acids is 1. The number of thioether (sulfide) groups is 1. The van der Waals surface area contributed by atoms with E-state index < -0.39 is 5.97 Å². The maximum absolute atomic E-state index is 10.9. The average Bonchev–Trinajstić information content (AvgIpc) is 3.09. The van der Waals surface area contributed by atoms with Crippen molar-refractivity contribution in [3.63, 3.8) is 0 Å². The number of carboxylic acid groups (broad SMARTS) is 1. The molecule has 1 aromatic heterocycles. The lowest BCUT2D eigenvalue weighted by atomic mass is 10.2. The fraction of sp³-hybridized carbons (Fsp3) is 0.538. The fourth-order valence-electron chi connectivity index (χ4n) is 1.69. The zero-order valence-corrected chi connectivity index (χ0v) is 11.0. The molecule has 0 atom stereocenters. The topological polar surface area (TPSA) is 51.4 Å². The molecular weight excluding hydrogens is 234 g/mol. The first kappa shape index (κ1) is 12.4. The number of H-pyrrole nitrogens is 1. The Hall–Kier alpha value is -1.03. The Kier molecular flexibility index (Phi) is 3.72. The first-order chi connectivity index (χ1) is 8.08. The summed E-state index contributed by atoms with van der Waals surface area (Å²) in [7, 11) is 0. The molecule has 1 aliphatic rings. The molecule has 0 aliphatic heterocycles. The van der Waals surface area contributed by atoms with E-state index >= 15 is 0 Å². The van der Waals surface area contributed by atoms with Crippen LogP contribution in [-0.2, 0) is 0 Å². The van der Waals surface area contributed by atoms with Gasteiger partial charge in [-0.25, -0.2) is 4.79 Å². The Morgan fingerprint density at radius 3 is 2.76 bits per heavy atom. The monoisotopic (exact) mass is 252 g/mol. The maximum Gasteiger partial charge on any atom is 0.401 e. The molecule has 0 spiro atoms. The van der Waals surface area contributed by atoms with Crippen LogP contribution < -0.4 is 4.98 Å². The lowest BCUT2D eigenvalue weighted by molar-refractivity contribution is -0.432. The van der Waals surface area contributed by atoms with Crippen molar-refractivity contribution in [3.05, 3.63) is 23.4 Å². The second-order valence-electron chi connectivity index (χ2n) is 4.94. The molecule has 1 saturated carbocycles. The van der Waals surface area contributed by atoms with Crippen molar-refractivity contribution in [3.8, 4) is 0 Å². The molecular formula is C13H18NO2S+. The molecule has 0 saturated heterocycles. The summed E-state index contributed by atoms with van der Waals surface area (Å²) in [5, 5.41) is 10.0. The molecule has 1 aromatic rings. The molecule has 1 fully saturated rings. The average molecular weight is 252 g/mol. The van der Waals surface area contributed by atoms with Gasteiger partial charge in [-0.3, -0.25) is 0 Å². The Bertz CT molecular complexity index is 427. The number of nitrogens with one attached hydrogen (secondary N) is 1. The van der Waals surface area contributed by atoms with Crippen LogP contribution in [0.5, 0.6) is 0 Å². The Labute approximate surface area is 106 Å². The number of carbonyl (C=O) groups is 1. The first-order valence-electron chi connectivity index (χ1n) is 6.00. The number of rotatable bonds is 5. The van der Waals surface area contributed by atoms with E-state index in [1.54, 1.807) is 17.8 Å². The fourth-order valence-corrected chi connectivity index (χ4v) is 2.78. The number of hydrogen-bond acceptors (Lipinski definition) is 2. The molecule has 0 radical (unpaired) electrons. The molecule has 2 N–H and O–H groups in total. The zero-order valence-electron chi connectivity index (χ0n) is 10.2. The van der Waals surface area contributed by atoms with Crippen LogP contribution in [0, 0.1) is 5.92 Å². The van der Waals surface area contributed by atoms with Crippen molar-refractivity contribution in [2.45, 2.75) is 37.6 Å². The first-order valence-corrected chi connectivity index (χ1v) is 6.98. The van der Waals surface area contributed by atoms with E-state index in [0.29, 0.717) is 11.8 Å². The van der Waals surface area contributed by atoms with E-state index in [9.17, 15) is 4.79 Å². The van der Waals surface area contributed by atoms with Crippen LogP contribution in [0.2, 0.25) is 0 Å². The molecule has 92 valence electrons. The Morgan fingerprint density at radius 1 is 1.53 bits per heavy atom.